The van der Waals surface area contributed by atoms with Gasteiger partial charge in [-0.1, -0.05) is 38.1 Å². The summed E-state index contributed by atoms with van der Waals surface area (Å²) in [5.74, 6) is 1.44. The van der Waals surface area contributed by atoms with Gasteiger partial charge in [0.2, 0.25) is 5.91 Å². The van der Waals surface area contributed by atoms with Crippen LogP contribution in [0.3, 0.4) is 0 Å². The molecule has 1 fully saturated rings. The molecule has 2 rings (SSSR count). The molecule has 6 heteroatoms. The van der Waals surface area contributed by atoms with Gasteiger partial charge in [0.1, 0.15) is 6.54 Å². The highest BCUT2D eigenvalue weighted by Gasteiger charge is 2.17. The van der Waals surface area contributed by atoms with Gasteiger partial charge in [0.25, 0.3) is 0 Å². The number of benzene rings is 1. The van der Waals surface area contributed by atoms with E-state index in [4.69, 9.17) is 0 Å². The Morgan fingerprint density at radius 1 is 1.15 bits per heavy atom. The van der Waals surface area contributed by atoms with Crippen molar-refractivity contribution >= 4 is 35.8 Å². The number of amides is 1. The zero-order chi connectivity index (χ0) is 18.8. The summed E-state index contributed by atoms with van der Waals surface area (Å²) < 4.78 is 0. The van der Waals surface area contributed by atoms with E-state index in [1.165, 1.54) is 11.1 Å². The van der Waals surface area contributed by atoms with E-state index < -0.39 is 0 Å². The second-order valence-corrected chi connectivity index (χ2v) is 7.21. The Hall–Kier alpha value is -1.31. The van der Waals surface area contributed by atoms with Crippen LogP contribution < -0.4 is 10.6 Å². The fourth-order valence-corrected chi connectivity index (χ4v) is 3.12. The van der Waals surface area contributed by atoms with Crippen LogP contribution in [-0.4, -0.2) is 49.5 Å². The van der Waals surface area contributed by atoms with E-state index in [9.17, 15) is 4.79 Å². The number of halogens is 1. The SMILES string of the molecule is CCNC(=NCC(=O)N1CCCC1)NCCCc1ccc(C(C)C)cc1.I. The zero-order valence-electron chi connectivity index (χ0n) is 17.0. The number of aliphatic imine (C=N–C) groups is 1. The van der Waals surface area contributed by atoms with Crippen LogP contribution in [0.4, 0.5) is 0 Å². The van der Waals surface area contributed by atoms with E-state index >= 15 is 0 Å². The van der Waals surface area contributed by atoms with E-state index in [1.807, 2.05) is 11.8 Å². The lowest BCUT2D eigenvalue weighted by Gasteiger charge is -2.15. The molecule has 0 aromatic heterocycles. The predicted octanol–water partition coefficient (Wildman–Crippen LogP) is 3.54. The van der Waals surface area contributed by atoms with Crippen molar-refractivity contribution in [1.82, 2.24) is 15.5 Å². The van der Waals surface area contributed by atoms with Crippen LogP contribution in [-0.2, 0) is 11.2 Å². The topological polar surface area (TPSA) is 56.7 Å². The molecule has 0 saturated carbocycles. The maximum absolute atomic E-state index is 12.1. The summed E-state index contributed by atoms with van der Waals surface area (Å²) in [7, 11) is 0. The molecule has 0 unspecified atom stereocenters. The molecule has 0 spiro atoms. The molecular formula is C21H35IN4O. The van der Waals surface area contributed by atoms with Crippen molar-refractivity contribution in [3.8, 4) is 0 Å². The molecular weight excluding hydrogens is 451 g/mol. The number of hydrogen-bond donors (Lipinski definition) is 2. The molecule has 1 saturated heterocycles. The third-order valence-corrected chi connectivity index (χ3v) is 4.76. The summed E-state index contributed by atoms with van der Waals surface area (Å²) in [4.78, 5) is 18.5. The van der Waals surface area contributed by atoms with Crippen LogP contribution in [0.25, 0.3) is 0 Å². The summed E-state index contributed by atoms with van der Waals surface area (Å²) >= 11 is 0. The summed E-state index contributed by atoms with van der Waals surface area (Å²) in [6.07, 6.45) is 4.31. The minimum Gasteiger partial charge on any atom is -0.357 e. The normalized spacial score (nSPS) is 14.2. The molecule has 27 heavy (non-hydrogen) atoms. The Bertz CT molecular complexity index is 580. The first-order valence-corrected chi connectivity index (χ1v) is 9.99. The van der Waals surface area contributed by atoms with Gasteiger partial charge < -0.3 is 15.5 Å². The number of carbonyl (C=O) groups is 1. The van der Waals surface area contributed by atoms with Gasteiger partial charge in [-0.25, -0.2) is 4.99 Å². The fourth-order valence-electron chi connectivity index (χ4n) is 3.12. The molecule has 2 N–H and O–H groups in total. The van der Waals surface area contributed by atoms with Gasteiger partial charge in [-0.2, -0.15) is 0 Å². The average molecular weight is 486 g/mol. The smallest absolute Gasteiger partial charge is 0.244 e. The monoisotopic (exact) mass is 486 g/mol. The van der Waals surface area contributed by atoms with Crippen LogP contribution in [0.5, 0.6) is 0 Å². The minimum absolute atomic E-state index is 0. The first kappa shape index (κ1) is 23.7. The number of guanidine groups is 1. The van der Waals surface area contributed by atoms with Gasteiger partial charge in [0.15, 0.2) is 5.96 Å². The Balaban J connectivity index is 0.00000364. The van der Waals surface area contributed by atoms with Gasteiger partial charge in [-0.05, 0) is 49.7 Å². The molecule has 0 radical (unpaired) electrons. The maximum Gasteiger partial charge on any atom is 0.244 e. The van der Waals surface area contributed by atoms with Crippen molar-refractivity contribution in [2.45, 2.75) is 52.4 Å². The Morgan fingerprint density at radius 2 is 1.81 bits per heavy atom. The highest BCUT2D eigenvalue weighted by molar-refractivity contribution is 14.0. The molecule has 1 aliphatic heterocycles. The Kier molecular flexibility index (Phi) is 11.4. The van der Waals surface area contributed by atoms with Crippen LogP contribution in [0, 0.1) is 0 Å². The molecule has 1 aromatic rings. The van der Waals surface area contributed by atoms with Gasteiger partial charge >= 0.3 is 0 Å². The highest BCUT2D eigenvalue weighted by Crippen LogP contribution is 2.15. The van der Waals surface area contributed by atoms with Crippen molar-refractivity contribution in [1.29, 1.82) is 0 Å². The fraction of sp³-hybridized carbons (Fsp3) is 0.619. The third-order valence-electron chi connectivity index (χ3n) is 4.76. The number of hydrogen-bond acceptors (Lipinski definition) is 2. The van der Waals surface area contributed by atoms with Gasteiger partial charge in [-0.3, -0.25) is 4.79 Å². The van der Waals surface area contributed by atoms with Gasteiger partial charge in [0, 0.05) is 26.2 Å². The second kappa shape index (κ2) is 13.0. The molecule has 1 aliphatic rings. The van der Waals surface area contributed by atoms with Crippen molar-refractivity contribution < 1.29 is 4.79 Å². The molecule has 1 amide bonds. The molecule has 5 nitrogen and oxygen atoms in total. The number of carbonyl (C=O) groups excluding carboxylic acids is 1. The lowest BCUT2D eigenvalue weighted by atomic mass is 10.0. The number of nitrogens with one attached hydrogen (secondary N) is 2. The second-order valence-electron chi connectivity index (χ2n) is 7.21. The Labute approximate surface area is 181 Å². The first-order valence-electron chi connectivity index (χ1n) is 9.99. The first-order chi connectivity index (χ1) is 12.6. The van der Waals surface area contributed by atoms with Crippen molar-refractivity contribution in [3.63, 3.8) is 0 Å². The number of rotatable bonds is 8. The van der Waals surface area contributed by atoms with Crippen LogP contribution in [0.1, 0.15) is 57.1 Å². The quantitative estimate of drug-likeness (QED) is 0.256. The predicted molar refractivity (Wildman–Crippen MR) is 124 cm³/mol. The van der Waals surface area contributed by atoms with Crippen molar-refractivity contribution in [3.05, 3.63) is 35.4 Å². The van der Waals surface area contributed by atoms with Crippen molar-refractivity contribution in [2.75, 3.05) is 32.7 Å². The molecule has 1 aromatic carbocycles. The van der Waals surface area contributed by atoms with E-state index in [1.54, 1.807) is 0 Å². The van der Waals surface area contributed by atoms with Gasteiger partial charge in [0.05, 0.1) is 0 Å². The summed E-state index contributed by atoms with van der Waals surface area (Å²) in [5.41, 5.74) is 2.75. The third kappa shape index (κ3) is 8.49. The molecule has 152 valence electrons. The van der Waals surface area contributed by atoms with Crippen molar-refractivity contribution in [2.24, 2.45) is 4.99 Å². The van der Waals surface area contributed by atoms with Crippen LogP contribution in [0.15, 0.2) is 29.3 Å². The summed E-state index contributed by atoms with van der Waals surface area (Å²) in [6, 6.07) is 8.90. The Morgan fingerprint density at radius 3 is 2.41 bits per heavy atom. The highest BCUT2D eigenvalue weighted by atomic mass is 127. The van der Waals surface area contributed by atoms with E-state index in [0.29, 0.717) is 5.92 Å². The average Bonchev–Trinajstić information content (AvgIpc) is 3.18. The van der Waals surface area contributed by atoms with Crippen LogP contribution in [0.2, 0.25) is 0 Å². The molecule has 0 atom stereocenters. The number of aryl methyl sites for hydroxylation is 1. The number of nitrogens with zero attached hydrogens (tertiary/aromatic N) is 2. The zero-order valence-corrected chi connectivity index (χ0v) is 19.3. The summed E-state index contributed by atoms with van der Waals surface area (Å²) in [5, 5.41) is 6.55. The van der Waals surface area contributed by atoms with Gasteiger partial charge in [-0.15, -0.1) is 24.0 Å². The molecule has 1 heterocycles. The van der Waals surface area contributed by atoms with E-state index in [0.717, 1.165) is 57.8 Å². The number of likely N-dealkylation sites (tertiary alicyclic amines) is 1. The van der Waals surface area contributed by atoms with Crippen LogP contribution >= 0.6 is 24.0 Å². The molecule has 0 bridgehead atoms. The standard InChI is InChI=1S/C21H34N4O.HI/c1-4-22-21(24-16-20(26)25-14-5-6-15-25)23-13-7-8-18-9-11-19(12-10-18)17(2)3;/h9-12,17H,4-8,13-16H2,1-3H3,(H2,22,23,24);1H. The minimum atomic E-state index is 0. The molecule has 0 aliphatic carbocycles. The lowest BCUT2D eigenvalue weighted by Crippen LogP contribution is -2.39. The largest absolute Gasteiger partial charge is 0.357 e. The van der Waals surface area contributed by atoms with E-state index in [2.05, 4.69) is 53.7 Å². The maximum atomic E-state index is 12.1. The summed E-state index contributed by atoms with van der Waals surface area (Å²) in [6.45, 7) is 10.1. The van der Waals surface area contributed by atoms with E-state index in [-0.39, 0.29) is 36.4 Å². The lowest BCUT2D eigenvalue weighted by molar-refractivity contribution is -0.128.